The summed E-state index contributed by atoms with van der Waals surface area (Å²) in [5.74, 6) is 2.53. The molecule has 0 radical (unpaired) electrons. The first-order valence-electron chi connectivity index (χ1n) is 8.69. The maximum atomic E-state index is 3.75. The maximum Gasteiger partial charge on any atom is 0.00966 e. The normalized spacial score (nSPS) is 27.0. The third kappa shape index (κ3) is 5.10. The van der Waals surface area contributed by atoms with Crippen molar-refractivity contribution in [2.75, 3.05) is 6.54 Å². The first-order chi connectivity index (χ1) is 9.89. The molecule has 1 nitrogen and oxygen atoms in total. The second-order valence-corrected chi connectivity index (χ2v) is 9.07. The highest BCUT2D eigenvalue weighted by Gasteiger charge is 2.32. The first kappa shape index (κ1) is 17.0. The van der Waals surface area contributed by atoms with E-state index >= 15 is 0 Å². The molecule has 1 aliphatic rings. The number of hydrogen-bond donors (Lipinski definition) is 1. The summed E-state index contributed by atoms with van der Waals surface area (Å²) < 4.78 is 0. The third-order valence-electron chi connectivity index (χ3n) is 4.87. The van der Waals surface area contributed by atoms with Crippen LogP contribution in [0.4, 0.5) is 0 Å². The van der Waals surface area contributed by atoms with E-state index in [-0.39, 0.29) is 5.54 Å². The summed E-state index contributed by atoms with van der Waals surface area (Å²) in [5, 5.41) is 6.16. The van der Waals surface area contributed by atoms with Crippen molar-refractivity contribution >= 4 is 11.3 Å². The molecule has 21 heavy (non-hydrogen) atoms. The van der Waals surface area contributed by atoms with E-state index in [4.69, 9.17) is 0 Å². The lowest BCUT2D eigenvalue weighted by molar-refractivity contribution is 0.209. The summed E-state index contributed by atoms with van der Waals surface area (Å²) in [6.45, 7) is 12.6. The van der Waals surface area contributed by atoms with E-state index in [0.29, 0.717) is 0 Å². The van der Waals surface area contributed by atoms with Crippen LogP contribution in [0.25, 0.3) is 0 Å². The van der Waals surface area contributed by atoms with Crippen molar-refractivity contribution in [2.45, 2.75) is 78.2 Å². The van der Waals surface area contributed by atoms with E-state index in [9.17, 15) is 0 Å². The zero-order valence-corrected chi connectivity index (χ0v) is 15.4. The Morgan fingerprint density at radius 2 is 2.05 bits per heavy atom. The fourth-order valence-electron chi connectivity index (χ4n) is 3.74. The topological polar surface area (TPSA) is 12.0 Å². The summed E-state index contributed by atoms with van der Waals surface area (Å²) in [6, 6.07) is 2.44. The van der Waals surface area contributed by atoms with Gasteiger partial charge in [0.05, 0.1) is 0 Å². The smallest absolute Gasteiger partial charge is 0.00966 e. The van der Waals surface area contributed by atoms with Crippen LogP contribution in [0.15, 0.2) is 11.4 Å². The average Bonchev–Trinajstić information content (AvgIpc) is 2.83. The Morgan fingerprint density at radius 1 is 1.29 bits per heavy atom. The van der Waals surface area contributed by atoms with Crippen molar-refractivity contribution in [3.05, 3.63) is 21.9 Å². The molecule has 1 aromatic rings. The van der Waals surface area contributed by atoms with Crippen molar-refractivity contribution in [3.8, 4) is 0 Å². The van der Waals surface area contributed by atoms with E-state index in [2.05, 4.69) is 51.4 Å². The zero-order chi connectivity index (χ0) is 15.5. The van der Waals surface area contributed by atoms with Crippen LogP contribution >= 0.6 is 11.3 Å². The van der Waals surface area contributed by atoms with Gasteiger partial charge in [-0.25, -0.2) is 0 Å². The molecule has 0 aromatic carbocycles. The number of aryl methyl sites for hydroxylation is 1. The summed E-state index contributed by atoms with van der Waals surface area (Å²) in [5.41, 5.74) is 1.84. The molecular formula is C19H33NS. The molecule has 0 spiro atoms. The monoisotopic (exact) mass is 307 g/mol. The molecule has 1 fully saturated rings. The van der Waals surface area contributed by atoms with Crippen LogP contribution in [0.5, 0.6) is 0 Å². The predicted octanol–water partition coefficient (Wildman–Crippen LogP) is 5.74. The first-order valence-corrected chi connectivity index (χ1v) is 9.57. The molecule has 0 amide bonds. The van der Waals surface area contributed by atoms with Crippen LogP contribution in [0, 0.1) is 18.8 Å². The summed E-state index contributed by atoms with van der Waals surface area (Å²) in [6.07, 6.45) is 6.99. The van der Waals surface area contributed by atoms with Gasteiger partial charge in [0.1, 0.15) is 0 Å². The van der Waals surface area contributed by atoms with Crippen LogP contribution < -0.4 is 5.32 Å². The lowest BCUT2D eigenvalue weighted by atomic mass is 9.70. The highest BCUT2D eigenvalue weighted by Crippen LogP contribution is 2.43. The van der Waals surface area contributed by atoms with E-state index in [1.165, 1.54) is 43.5 Å². The standard InChI is InChI=1S/C19H33NS/c1-6-7-15-8-9-16(12-20-19(3,4)5)18(11-15)17-10-14(2)21-13-17/h10,13,15-16,18,20H,6-9,11-12H2,1-5H3. The zero-order valence-electron chi connectivity index (χ0n) is 14.5. The van der Waals surface area contributed by atoms with E-state index in [1.807, 2.05) is 11.3 Å². The minimum absolute atomic E-state index is 0.232. The van der Waals surface area contributed by atoms with E-state index < -0.39 is 0 Å². The maximum absolute atomic E-state index is 3.75. The Hall–Kier alpha value is -0.340. The van der Waals surface area contributed by atoms with Crippen LogP contribution in [-0.4, -0.2) is 12.1 Å². The molecule has 0 aliphatic heterocycles. The molecule has 1 aliphatic carbocycles. The van der Waals surface area contributed by atoms with Crippen molar-refractivity contribution in [3.63, 3.8) is 0 Å². The molecule has 3 atom stereocenters. The minimum Gasteiger partial charge on any atom is -0.312 e. The van der Waals surface area contributed by atoms with Gasteiger partial charge in [-0.1, -0.05) is 26.2 Å². The molecule has 1 aromatic heterocycles. The highest BCUT2D eigenvalue weighted by molar-refractivity contribution is 7.10. The van der Waals surface area contributed by atoms with Gasteiger partial charge in [0.2, 0.25) is 0 Å². The van der Waals surface area contributed by atoms with Crippen LogP contribution in [0.1, 0.15) is 76.2 Å². The van der Waals surface area contributed by atoms with Crippen molar-refractivity contribution < 1.29 is 0 Å². The highest BCUT2D eigenvalue weighted by atomic mass is 32.1. The molecule has 3 unspecified atom stereocenters. The second-order valence-electron chi connectivity index (χ2n) is 7.96. The van der Waals surface area contributed by atoms with Crippen molar-refractivity contribution in [1.29, 1.82) is 0 Å². The Bertz CT molecular complexity index is 429. The predicted molar refractivity (Wildman–Crippen MR) is 95.3 cm³/mol. The lowest BCUT2D eigenvalue weighted by Gasteiger charge is -2.38. The van der Waals surface area contributed by atoms with Gasteiger partial charge >= 0.3 is 0 Å². The molecule has 1 N–H and O–H groups in total. The molecule has 1 heterocycles. The Kier molecular flexibility index (Phi) is 5.90. The number of nitrogens with one attached hydrogen (secondary N) is 1. The van der Waals surface area contributed by atoms with Gasteiger partial charge in [-0.3, -0.25) is 0 Å². The molecule has 2 rings (SSSR count). The quantitative estimate of drug-likeness (QED) is 0.731. The molecular weight excluding hydrogens is 274 g/mol. The van der Waals surface area contributed by atoms with Gasteiger partial charge in [-0.2, -0.15) is 0 Å². The fourth-order valence-corrected chi connectivity index (χ4v) is 4.51. The summed E-state index contributed by atoms with van der Waals surface area (Å²) in [7, 11) is 0. The van der Waals surface area contributed by atoms with Gasteiger partial charge in [0, 0.05) is 10.4 Å². The summed E-state index contributed by atoms with van der Waals surface area (Å²) in [4.78, 5) is 1.46. The summed E-state index contributed by atoms with van der Waals surface area (Å²) >= 11 is 1.92. The number of hydrogen-bond acceptors (Lipinski definition) is 2. The molecule has 0 saturated heterocycles. The van der Waals surface area contributed by atoms with Gasteiger partial charge < -0.3 is 5.32 Å². The largest absolute Gasteiger partial charge is 0.312 e. The van der Waals surface area contributed by atoms with Crippen LogP contribution in [0.2, 0.25) is 0 Å². The van der Waals surface area contributed by atoms with Gasteiger partial charge in [-0.05, 0) is 81.8 Å². The van der Waals surface area contributed by atoms with Gasteiger partial charge in [0.15, 0.2) is 0 Å². The number of rotatable bonds is 5. The Morgan fingerprint density at radius 3 is 2.62 bits per heavy atom. The second kappa shape index (κ2) is 7.28. The molecule has 0 bridgehead atoms. The Balaban J connectivity index is 2.06. The fraction of sp³-hybridized carbons (Fsp3) is 0.789. The van der Waals surface area contributed by atoms with E-state index in [0.717, 1.165) is 17.8 Å². The molecule has 1 saturated carbocycles. The van der Waals surface area contributed by atoms with Crippen molar-refractivity contribution in [2.24, 2.45) is 11.8 Å². The molecule has 120 valence electrons. The molecule has 2 heteroatoms. The van der Waals surface area contributed by atoms with Gasteiger partial charge in [0.25, 0.3) is 0 Å². The van der Waals surface area contributed by atoms with Crippen LogP contribution in [0.3, 0.4) is 0 Å². The van der Waals surface area contributed by atoms with Crippen LogP contribution in [-0.2, 0) is 0 Å². The van der Waals surface area contributed by atoms with Gasteiger partial charge in [-0.15, -0.1) is 11.3 Å². The number of thiophene rings is 1. The Labute approximate surface area is 135 Å². The average molecular weight is 308 g/mol. The van der Waals surface area contributed by atoms with E-state index in [1.54, 1.807) is 5.56 Å². The minimum atomic E-state index is 0.232. The SMILES string of the molecule is CCCC1CCC(CNC(C)(C)C)C(c2csc(C)c2)C1. The third-order valence-corrected chi connectivity index (χ3v) is 5.75. The van der Waals surface area contributed by atoms with Crippen molar-refractivity contribution in [1.82, 2.24) is 5.32 Å². The lowest BCUT2D eigenvalue weighted by Crippen LogP contribution is -2.41.